The Bertz CT molecular complexity index is 714. The number of rotatable bonds is 8. The highest BCUT2D eigenvalue weighted by atomic mass is 16.5. The van der Waals surface area contributed by atoms with Crippen molar-refractivity contribution >= 4 is 22.8 Å². The normalized spacial score (nSPS) is 15.9. The van der Waals surface area contributed by atoms with E-state index in [4.69, 9.17) is 15.9 Å². The molecule has 0 saturated carbocycles. The zero-order valence-corrected chi connectivity index (χ0v) is 16.2. The van der Waals surface area contributed by atoms with Crippen LogP contribution >= 0.6 is 0 Å². The first-order valence-corrected chi connectivity index (χ1v) is 9.32. The molecule has 0 fully saturated rings. The number of unbranched alkanes of at least 4 members (excludes halogenated alkanes) is 1. The summed E-state index contributed by atoms with van der Waals surface area (Å²) in [5.41, 5.74) is 9.48. The van der Waals surface area contributed by atoms with Gasteiger partial charge in [0.1, 0.15) is 5.76 Å². The molecule has 0 saturated heterocycles. The number of aliphatic imine (C=N–C) groups is 1. The molecule has 1 aliphatic rings. The topological polar surface area (TPSA) is 74.7 Å². The molecular weight excluding hydrogens is 324 g/mol. The number of allylic oxidation sites excluding steroid dienone is 2. The molecular formula is C21H30N4O. The van der Waals surface area contributed by atoms with Crippen LogP contribution in [-0.2, 0) is 4.74 Å². The van der Waals surface area contributed by atoms with E-state index in [-0.39, 0.29) is 0 Å². The number of nitrogens with two attached hydrogens (primary N) is 1. The molecule has 0 heterocycles. The van der Waals surface area contributed by atoms with Crippen LogP contribution in [0.1, 0.15) is 40.5 Å². The molecule has 0 bridgehead atoms. The summed E-state index contributed by atoms with van der Waals surface area (Å²) >= 11 is 0. The van der Waals surface area contributed by atoms with Crippen molar-refractivity contribution < 1.29 is 4.74 Å². The summed E-state index contributed by atoms with van der Waals surface area (Å²) in [4.78, 5) is 6.96. The Balaban J connectivity index is 2.21. The molecule has 0 aromatic heterocycles. The lowest BCUT2D eigenvalue weighted by Gasteiger charge is -2.27. The zero-order valence-electron chi connectivity index (χ0n) is 16.2. The average molecular weight is 354 g/mol. The molecule has 0 atom stereocenters. The molecule has 5 nitrogen and oxygen atoms in total. The van der Waals surface area contributed by atoms with Gasteiger partial charge in [-0.05, 0) is 57.5 Å². The predicted molar refractivity (Wildman–Crippen MR) is 111 cm³/mol. The lowest BCUT2D eigenvalue weighted by atomic mass is 10.1. The van der Waals surface area contributed by atoms with Gasteiger partial charge in [-0.1, -0.05) is 13.3 Å². The Morgan fingerprint density at radius 2 is 1.85 bits per heavy atom. The molecule has 26 heavy (non-hydrogen) atoms. The van der Waals surface area contributed by atoms with E-state index in [2.05, 4.69) is 49.7 Å². The van der Waals surface area contributed by atoms with Crippen LogP contribution < -0.4 is 10.6 Å². The molecule has 0 unspecified atom stereocenters. The van der Waals surface area contributed by atoms with Gasteiger partial charge in [0.2, 0.25) is 0 Å². The van der Waals surface area contributed by atoms with Crippen LogP contribution in [0.15, 0.2) is 52.9 Å². The molecule has 2 rings (SSSR count). The van der Waals surface area contributed by atoms with Crippen LogP contribution in [-0.4, -0.2) is 30.6 Å². The summed E-state index contributed by atoms with van der Waals surface area (Å²) in [6, 6.07) is 8.59. The van der Waals surface area contributed by atoms with Crippen molar-refractivity contribution in [2.45, 2.75) is 46.6 Å². The van der Waals surface area contributed by atoms with Crippen molar-refractivity contribution in [2.24, 2.45) is 10.7 Å². The van der Waals surface area contributed by atoms with Gasteiger partial charge in [-0.25, -0.2) is 4.99 Å². The van der Waals surface area contributed by atoms with E-state index in [1.165, 1.54) is 5.69 Å². The SMILES string of the molecule is CCCCOC1=C/C(=N\c2ccc(N(CC)C(C)C)cc2)C(N)=CC1=N. The second kappa shape index (κ2) is 9.22. The highest BCUT2D eigenvalue weighted by molar-refractivity contribution is 6.22. The number of ether oxygens (including phenoxy) is 1. The zero-order chi connectivity index (χ0) is 19.1. The van der Waals surface area contributed by atoms with E-state index in [9.17, 15) is 0 Å². The third-order valence-electron chi connectivity index (χ3n) is 4.28. The Kier molecular flexibility index (Phi) is 7.01. The first kappa shape index (κ1) is 19.8. The Hall–Kier alpha value is -2.56. The fourth-order valence-electron chi connectivity index (χ4n) is 2.83. The van der Waals surface area contributed by atoms with Crippen LogP contribution in [0.2, 0.25) is 0 Å². The van der Waals surface area contributed by atoms with E-state index >= 15 is 0 Å². The minimum Gasteiger partial charge on any atom is -0.491 e. The maximum absolute atomic E-state index is 8.01. The van der Waals surface area contributed by atoms with Gasteiger partial charge >= 0.3 is 0 Å². The first-order chi connectivity index (χ1) is 12.5. The minimum absolute atomic E-state index is 0.295. The molecule has 1 aromatic carbocycles. The monoisotopic (exact) mass is 354 g/mol. The Morgan fingerprint density at radius 1 is 1.15 bits per heavy atom. The van der Waals surface area contributed by atoms with Gasteiger partial charge in [0.25, 0.3) is 0 Å². The second-order valence-electron chi connectivity index (χ2n) is 6.62. The van der Waals surface area contributed by atoms with Crippen molar-refractivity contribution in [3.63, 3.8) is 0 Å². The summed E-state index contributed by atoms with van der Waals surface area (Å²) in [6.45, 7) is 10.2. The van der Waals surface area contributed by atoms with Gasteiger partial charge in [0.05, 0.1) is 29.4 Å². The van der Waals surface area contributed by atoms with Crippen molar-refractivity contribution in [3.8, 4) is 0 Å². The van der Waals surface area contributed by atoms with Gasteiger partial charge in [-0.15, -0.1) is 0 Å². The molecule has 140 valence electrons. The third kappa shape index (κ3) is 4.97. The van der Waals surface area contributed by atoms with E-state index in [0.29, 0.717) is 35.5 Å². The quantitative estimate of drug-likeness (QED) is 0.530. The number of hydrogen-bond acceptors (Lipinski definition) is 5. The van der Waals surface area contributed by atoms with E-state index < -0.39 is 0 Å². The summed E-state index contributed by atoms with van der Waals surface area (Å²) in [7, 11) is 0. The van der Waals surface area contributed by atoms with E-state index in [0.717, 1.165) is 25.1 Å². The highest BCUT2D eigenvalue weighted by Gasteiger charge is 2.16. The van der Waals surface area contributed by atoms with Crippen molar-refractivity contribution in [3.05, 3.63) is 47.9 Å². The summed E-state index contributed by atoms with van der Waals surface area (Å²) in [5.74, 6) is 0.528. The number of nitrogens with one attached hydrogen (secondary N) is 1. The number of nitrogens with zero attached hydrogens (tertiary/aromatic N) is 2. The predicted octanol–water partition coefficient (Wildman–Crippen LogP) is 4.57. The number of hydrogen-bond donors (Lipinski definition) is 2. The largest absolute Gasteiger partial charge is 0.491 e. The van der Waals surface area contributed by atoms with Gasteiger partial charge in [0, 0.05) is 24.4 Å². The Labute approximate surface area is 156 Å². The lowest BCUT2D eigenvalue weighted by molar-refractivity contribution is 0.226. The second-order valence-corrected chi connectivity index (χ2v) is 6.62. The molecule has 3 N–H and O–H groups in total. The lowest BCUT2D eigenvalue weighted by Crippen LogP contribution is -2.30. The van der Waals surface area contributed by atoms with Gasteiger partial charge in [-0.2, -0.15) is 0 Å². The van der Waals surface area contributed by atoms with E-state index in [1.807, 2.05) is 12.1 Å². The van der Waals surface area contributed by atoms with Crippen LogP contribution in [0.4, 0.5) is 11.4 Å². The highest BCUT2D eigenvalue weighted by Crippen LogP contribution is 2.23. The van der Waals surface area contributed by atoms with E-state index in [1.54, 1.807) is 12.2 Å². The van der Waals surface area contributed by atoms with Gasteiger partial charge in [0.15, 0.2) is 0 Å². The van der Waals surface area contributed by atoms with Crippen LogP contribution in [0.5, 0.6) is 0 Å². The molecule has 5 heteroatoms. The number of benzene rings is 1. The summed E-state index contributed by atoms with van der Waals surface area (Å²) in [5, 5.41) is 8.01. The van der Waals surface area contributed by atoms with Gasteiger partial charge < -0.3 is 15.4 Å². The molecule has 0 aliphatic heterocycles. The maximum atomic E-state index is 8.01. The molecule has 0 amide bonds. The van der Waals surface area contributed by atoms with Crippen LogP contribution in [0, 0.1) is 5.41 Å². The average Bonchev–Trinajstić information content (AvgIpc) is 2.60. The van der Waals surface area contributed by atoms with Crippen molar-refractivity contribution in [2.75, 3.05) is 18.1 Å². The fraction of sp³-hybridized carbons (Fsp3) is 0.429. The first-order valence-electron chi connectivity index (χ1n) is 9.32. The van der Waals surface area contributed by atoms with Crippen LogP contribution in [0.25, 0.3) is 0 Å². The van der Waals surface area contributed by atoms with Crippen molar-refractivity contribution in [1.29, 1.82) is 5.41 Å². The fourth-order valence-corrected chi connectivity index (χ4v) is 2.83. The van der Waals surface area contributed by atoms with Crippen molar-refractivity contribution in [1.82, 2.24) is 0 Å². The molecule has 1 aromatic rings. The summed E-state index contributed by atoms with van der Waals surface area (Å²) in [6.07, 6.45) is 5.37. The standard InChI is InChI=1S/C21H30N4O/c1-5-7-12-26-21-14-20(18(22)13-19(21)23)24-16-8-10-17(11-9-16)25(6-2)15(3)4/h8-11,13-15,23H,5-7,12,22H2,1-4H3/b23-19?,24-20+. The van der Waals surface area contributed by atoms with Gasteiger partial charge in [-0.3, -0.25) is 5.41 Å². The number of anilines is 1. The summed E-state index contributed by atoms with van der Waals surface area (Å²) < 4.78 is 5.69. The van der Waals surface area contributed by atoms with Crippen LogP contribution in [0.3, 0.4) is 0 Å². The molecule has 0 radical (unpaired) electrons. The molecule has 0 spiro atoms. The maximum Gasteiger partial charge on any atom is 0.146 e. The Morgan fingerprint density at radius 3 is 2.42 bits per heavy atom. The minimum atomic E-state index is 0.295. The third-order valence-corrected chi connectivity index (χ3v) is 4.28. The molecule has 1 aliphatic carbocycles. The smallest absolute Gasteiger partial charge is 0.146 e.